The molecule has 0 radical (unpaired) electrons. The van der Waals surface area contributed by atoms with Crippen LogP contribution in [-0.4, -0.2) is 26.8 Å². The molecule has 0 aliphatic rings. The van der Waals surface area contributed by atoms with Gasteiger partial charge in [-0.1, -0.05) is 0 Å². The van der Waals surface area contributed by atoms with E-state index in [1.165, 1.54) is 19.2 Å². The van der Waals surface area contributed by atoms with Crippen LogP contribution in [0, 0.1) is 5.82 Å². The monoisotopic (exact) mass is 264 g/mol. The summed E-state index contributed by atoms with van der Waals surface area (Å²) in [5.74, 6) is -2.31. The van der Waals surface area contributed by atoms with Gasteiger partial charge < -0.3 is 9.84 Å². The number of hydrogen-bond donors (Lipinski definition) is 1. The molecular weight excluding hydrogens is 255 g/mol. The highest BCUT2D eigenvalue weighted by molar-refractivity contribution is 5.93. The lowest BCUT2D eigenvalue weighted by Gasteiger charge is -2.01. The number of ether oxygens (including phenoxy) is 1. The highest BCUT2D eigenvalue weighted by atomic mass is 19.1. The second kappa shape index (κ2) is 4.89. The second-order valence-electron chi connectivity index (χ2n) is 3.69. The average molecular weight is 264 g/mol. The van der Waals surface area contributed by atoms with E-state index < -0.39 is 17.8 Å². The van der Waals surface area contributed by atoms with E-state index in [0.29, 0.717) is 0 Å². The lowest BCUT2D eigenvalue weighted by Crippen LogP contribution is -2.09. The first kappa shape index (κ1) is 12.7. The predicted molar refractivity (Wildman–Crippen MR) is 61.5 cm³/mol. The Morgan fingerprint density at radius 1 is 1.32 bits per heavy atom. The Hall–Kier alpha value is -2.70. The first-order valence-electron chi connectivity index (χ1n) is 5.22. The van der Waals surface area contributed by atoms with Crippen molar-refractivity contribution < 1.29 is 23.8 Å². The van der Waals surface area contributed by atoms with Crippen LogP contribution in [0.4, 0.5) is 4.39 Å². The number of carboxylic acid groups (broad SMARTS) is 1. The molecule has 0 aliphatic heterocycles. The fourth-order valence-corrected chi connectivity index (χ4v) is 1.43. The molecule has 0 aliphatic carbocycles. The number of benzene rings is 1. The molecule has 0 saturated heterocycles. The topological polar surface area (TPSA) is 81.4 Å². The van der Waals surface area contributed by atoms with Crippen molar-refractivity contribution in [3.05, 3.63) is 47.5 Å². The fourth-order valence-electron chi connectivity index (χ4n) is 1.43. The molecule has 1 aromatic heterocycles. The predicted octanol–water partition coefficient (Wildman–Crippen LogP) is 1.48. The molecule has 1 heterocycles. The standard InChI is InChI=1S/C12H9FN2O4/c1-15-10(11(16)17)6-9(14-15)12(18)19-8-4-2-7(13)3-5-8/h2-6H,1H3,(H,16,17). The number of carbonyl (C=O) groups is 2. The molecule has 1 N–H and O–H groups in total. The van der Waals surface area contributed by atoms with Crippen LogP contribution < -0.4 is 4.74 Å². The van der Waals surface area contributed by atoms with Crippen LogP contribution in [0.25, 0.3) is 0 Å². The minimum atomic E-state index is -1.20. The number of rotatable bonds is 3. The van der Waals surface area contributed by atoms with E-state index in [0.717, 1.165) is 22.9 Å². The number of hydrogen-bond acceptors (Lipinski definition) is 4. The van der Waals surface area contributed by atoms with Gasteiger partial charge in [-0.2, -0.15) is 5.10 Å². The lowest BCUT2D eigenvalue weighted by atomic mass is 10.3. The molecule has 7 heteroatoms. The number of esters is 1. The zero-order valence-corrected chi connectivity index (χ0v) is 9.83. The molecule has 19 heavy (non-hydrogen) atoms. The summed E-state index contributed by atoms with van der Waals surface area (Å²) in [5, 5.41) is 12.6. The molecule has 1 aromatic carbocycles. The molecule has 6 nitrogen and oxygen atoms in total. The Balaban J connectivity index is 2.18. The molecule has 0 saturated carbocycles. The average Bonchev–Trinajstić information content (AvgIpc) is 2.74. The van der Waals surface area contributed by atoms with Gasteiger partial charge in [0.15, 0.2) is 5.69 Å². The summed E-state index contributed by atoms with van der Waals surface area (Å²) in [5.41, 5.74) is -0.268. The summed E-state index contributed by atoms with van der Waals surface area (Å²) in [6, 6.07) is 5.96. The summed E-state index contributed by atoms with van der Waals surface area (Å²) in [7, 11) is 1.40. The summed E-state index contributed by atoms with van der Waals surface area (Å²) < 4.78 is 18.7. The van der Waals surface area contributed by atoms with Crippen LogP contribution in [-0.2, 0) is 7.05 Å². The van der Waals surface area contributed by atoms with Crippen molar-refractivity contribution in [2.24, 2.45) is 7.05 Å². The molecule has 0 atom stereocenters. The molecule has 2 aromatic rings. The van der Waals surface area contributed by atoms with E-state index >= 15 is 0 Å². The maximum Gasteiger partial charge on any atom is 0.364 e. The van der Waals surface area contributed by atoms with E-state index in [9.17, 15) is 14.0 Å². The van der Waals surface area contributed by atoms with Gasteiger partial charge in [0, 0.05) is 13.1 Å². The SMILES string of the molecule is Cn1nc(C(=O)Oc2ccc(F)cc2)cc1C(=O)O. The number of nitrogens with zero attached hydrogens (tertiary/aromatic N) is 2. The van der Waals surface area contributed by atoms with Crippen LogP contribution in [0.3, 0.4) is 0 Å². The highest BCUT2D eigenvalue weighted by Crippen LogP contribution is 2.13. The zero-order valence-electron chi connectivity index (χ0n) is 9.83. The van der Waals surface area contributed by atoms with Gasteiger partial charge in [0.25, 0.3) is 0 Å². The molecule has 98 valence electrons. The van der Waals surface area contributed by atoms with Crippen LogP contribution in [0.1, 0.15) is 21.0 Å². The molecular formula is C12H9FN2O4. The van der Waals surface area contributed by atoms with E-state index in [2.05, 4.69) is 5.10 Å². The van der Waals surface area contributed by atoms with Crippen molar-refractivity contribution in [2.45, 2.75) is 0 Å². The first-order valence-corrected chi connectivity index (χ1v) is 5.22. The zero-order chi connectivity index (χ0) is 14.0. The van der Waals surface area contributed by atoms with Gasteiger partial charge in [0.1, 0.15) is 17.3 Å². The molecule has 2 rings (SSSR count). The van der Waals surface area contributed by atoms with Gasteiger partial charge in [-0.25, -0.2) is 14.0 Å². The maximum absolute atomic E-state index is 12.7. The number of carbonyl (C=O) groups excluding carboxylic acids is 1. The number of halogens is 1. The summed E-state index contributed by atoms with van der Waals surface area (Å²) in [6.07, 6.45) is 0. The third kappa shape index (κ3) is 2.76. The third-order valence-corrected chi connectivity index (χ3v) is 2.33. The van der Waals surface area contributed by atoms with Crippen LogP contribution in [0.2, 0.25) is 0 Å². The summed E-state index contributed by atoms with van der Waals surface area (Å²) in [6.45, 7) is 0. The Bertz CT molecular complexity index is 634. The number of carboxylic acids is 1. The number of aromatic nitrogens is 2. The minimum absolute atomic E-state index is 0.133. The Labute approximate surface area is 107 Å². The van der Waals surface area contributed by atoms with Gasteiger partial charge in [0.2, 0.25) is 0 Å². The van der Waals surface area contributed by atoms with E-state index in [1.54, 1.807) is 0 Å². The Morgan fingerprint density at radius 2 is 1.95 bits per heavy atom. The van der Waals surface area contributed by atoms with Gasteiger partial charge in [-0.15, -0.1) is 0 Å². The van der Waals surface area contributed by atoms with Gasteiger partial charge in [-0.3, -0.25) is 4.68 Å². The second-order valence-corrected chi connectivity index (χ2v) is 3.69. The van der Waals surface area contributed by atoms with Crippen LogP contribution in [0.5, 0.6) is 5.75 Å². The van der Waals surface area contributed by atoms with Crippen LogP contribution in [0.15, 0.2) is 30.3 Å². The fraction of sp³-hybridized carbons (Fsp3) is 0.0833. The molecule has 0 amide bonds. The third-order valence-electron chi connectivity index (χ3n) is 2.33. The van der Waals surface area contributed by atoms with Gasteiger partial charge in [-0.05, 0) is 24.3 Å². The lowest BCUT2D eigenvalue weighted by molar-refractivity contribution is 0.0683. The van der Waals surface area contributed by atoms with Crippen molar-refractivity contribution >= 4 is 11.9 Å². The Morgan fingerprint density at radius 3 is 2.47 bits per heavy atom. The van der Waals surface area contributed by atoms with E-state index in [4.69, 9.17) is 9.84 Å². The van der Waals surface area contributed by atoms with E-state index in [-0.39, 0.29) is 17.1 Å². The van der Waals surface area contributed by atoms with E-state index in [1.807, 2.05) is 0 Å². The van der Waals surface area contributed by atoms with Crippen molar-refractivity contribution in [3.8, 4) is 5.75 Å². The minimum Gasteiger partial charge on any atom is -0.477 e. The summed E-state index contributed by atoms with van der Waals surface area (Å²) in [4.78, 5) is 22.5. The number of aromatic carboxylic acids is 1. The van der Waals surface area contributed by atoms with Crippen molar-refractivity contribution in [1.29, 1.82) is 0 Å². The smallest absolute Gasteiger partial charge is 0.364 e. The van der Waals surface area contributed by atoms with Crippen molar-refractivity contribution in [3.63, 3.8) is 0 Å². The summed E-state index contributed by atoms with van der Waals surface area (Å²) >= 11 is 0. The normalized spacial score (nSPS) is 10.2. The highest BCUT2D eigenvalue weighted by Gasteiger charge is 2.18. The van der Waals surface area contributed by atoms with Crippen LogP contribution >= 0.6 is 0 Å². The number of aryl methyl sites for hydroxylation is 1. The maximum atomic E-state index is 12.7. The molecule has 0 fully saturated rings. The largest absolute Gasteiger partial charge is 0.477 e. The molecule has 0 bridgehead atoms. The molecule has 0 spiro atoms. The quantitative estimate of drug-likeness (QED) is 0.670. The van der Waals surface area contributed by atoms with Gasteiger partial charge in [0.05, 0.1) is 0 Å². The molecule has 0 unspecified atom stereocenters. The van der Waals surface area contributed by atoms with Crippen molar-refractivity contribution in [2.75, 3.05) is 0 Å². The van der Waals surface area contributed by atoms with Gasteiger partial charge >= 0.3 is 11.9 Å². The van der Waals surface area contributed by atoms with Crippen molar-refractivity contribution in [1.82, 2.24) is 9.78 Å². The Kier molecular flexibility index (Phi) is 3.28. The first-order chi connectivity index (χ1) is 8.97.